The van der Waals surface area contributed by atoms with Crippen molar-refractivity contribution in [3.05, 3.63) is 69.7 Å². The third kappa shape index (κ3) is 3.94. The highest BCUT2D eigenvalue weighted by atomic mass is 35.5. The van der Waals surface area contributed by atoms with Gasteiger partial charge in [-0.3, -0.25) is 4.79 Å². The van der Waals surface area contributed by atoms with Crippen molar-refractivity contribution < 1.29 is 9.32 Å². The molecule has 7 heteroatoms. The lowest BCUT2D eigenvalue weighted by Gasteiger charge is -2.10. The fourth-order valence-electron chi connectivity index (χ4n) is 2.86. The molecule has 0 aliphatic rings. The summed E-state index contributed by atoms with van der Waals surface area (Å²) in [4.78, 5) is 12.4. The molecule has 3 rings (SSSR count). The molecule has 0 saturated heterocycles. The van der Waals surface area contributed by atoms with Crippen molar-refractivity contribution in [2.24, 2.45) is 0 Å². The average molecular weight is 381 g/mol. The van der Waals surface area contributed by atoms with Crippen molar-refractivity contribution in [1.82, 2.24) is 9.72 Å². The number of nitriles is 1. The van der Waals surface area contributed by atoms with Gasteiger partial charge in [-0.25, -0.2) is 0 Å². The average Bonchev–Trinajstić information content (AvgIpc) is 3.15. The van der Waals surface area contributed by atoms with Crippen molar-refractivity contribution in [1.29, 1.82) is 5.26 Å². The third-order valence-electron chi connectivity index (χ3n) is 4.07. The fraction of sp³-hybridized carbons (Fsp3) is 0.150. The lowest BCUT2D eigenvalue weighted by molar-refractivity contribution is -0.112. The Labute approximate surface area is 161 Å². The van der Waals surface area contributed by atoms with Gasteiger partial charge in [-0.05, 0) is 56.7 Å². The predicted molar refractivity (Wildman–Crippen MR) is 104 cm³/mol. The Hall–Kier alpha value is -3.30. The van der Waals surface area contributed by atoms with Crippen LogP contribution in [0.1, 0.15) is 22.7 Å². The van der Waals surface area contributed by atoms with E-state index < -0.39 is 5.91 Å². The van der Waals surface area contributed by atoms with Crippen molar-refractivity contribution in [3.63, 3.8) is 0 Å². The fourth-order valence-corrected chi connectivity index (χ4v) is 3.04. The molecule has 136 valence electrons. The van der Waals surface area contributed by atoms with E-state index in [2.05, 4.69) is 10.5 Å². The van der Waals surface area contributed by atoms with E-state index in [1.807, 2.05) is 54.8 Å². The third-order valence-corrected chi connectivity index (χ3v) is 4.31. The lowest BCUT2D eigenvalue weighted by atomic mass is 10.1. The smallest absolute Gasteiger partial charge is 0.267 e. The van der Waals surface area contributed by atoms with Crippen LogP contribution in [0.3, 0.4) is 0 Å². The Morgan fingerprint density at radius 3 is 2.70 bits per heavy atom. The van der Waals surface area contributed by atoms with Crippen LogP contribution in [0.4, 0.5) is 5.82 Å². The molecule has 27 heavy (non-hydrogen) atoms. The summed E-state index contributed by atoms with van der Waals surface area (Å²) in [5, 5.41) is 16.3. The maximum atomic E-state index is 12.4. The molecule has 0 atom stereocenters. The van der Waals surface area contributed by atoms with Crippen LogP contribution in [0.15, 0.2) is 46.5 Å². The van der Waals surface area contributed by atoms with Gasteiger partial charge in [0, 0.05) is 28.2 Å². The van der Waals surface area contributed by atoms with Crippen molar-refractivity contribution in [2.75, 3.05) is 5.32 Å². The lowest BCUT2D eigenvalue weighted by Crippen LogP contribution is -2.13. The second-order valence-electron chi connectivity index (χ2n) is 6.09. The van der Waals surface area contributed by atoms with Gasteiger partial charge in [-0.1, -0.05) is 22.8 Å². The number of anilines is 1. The molecule has 0 saturated carbocycles. The van der Waals surface area contributed by atoms with Gasteiger partial charge in [0.05, 0.1) is 0 Å². The standard InChI is InChI=1S/C20H17ClN4O2/c1-12-7-15(14(3)25(12)18-6-4-5-17(21)10-18)9-16(11-22)20(26)23-19-8-13(2)27-24-19/h4-10H,1-3H3,(H,23,24,26)/b16-9-. The van der Waals surface area contributed by atoms with Crippen LogP contribution in [0.5, 0.6) is 0 Å². The molecule has 0 fully saturated rings. The highest BCUT2D eigenvalue weighted by Gasteiger charge is 2.15. The molecule has 1 N–H and O–H groups in total. The normalized spacial score (nSPS) is 11.3. The Morgan fingerprint density at radius 2 is 2.07 bits per heavy atom. The number of aromatic nitrogens is 2. The highest BCUT2D eigenvalue weighted by molar-refractivity contribution is 6.30. The van der Waals surface area contributed by atoms with Crippen LogP contribution < -0.4 is 5.32 Å². The summed E-state index contributed by atoms with van der Waals surface area (Å²) in [5.41, 5.74) is 3.52. The van der Waals surface area contributed by atoms with Crippen molar-refractivity contribution in [2.45, 2.75) is 20.8 Å². The number of halogens is 1. The summed E-state index contributed by atoms with van der Waals surface area (Å²) in [5.74, 6) is 0.291. The molecule has 0 radical (unpaired) electrons. The van der Waals surface area contributed by atoms with Crippen LogP contribution in [-0.4, -0.2) is 15.6 Å². The number of hydrogen-bond acceptors (Lipinski definition) is 4. The number of benzene rings is 1. The molecule has 1 aromatic carbocycles. The van der Waals surface area contributed by atoms with E-state index >= 15 is 0 Å². The van der Waals surface area contributed by atoms with E-state index in [-0.39, 0.29) is 11.4 Å². The summed E-state index contributed by atoms with van der Waals surface area (Å²) in [6.07, 6.45) is 1.56. The molecule has 0 spiro atoms. The Bertz CT molecular complexity index is 1090. The molecule has 2 aromatic heterocycles. The van der Waals surface area contributed by atoms with Crippen LogP contribution in [0, 0.1) is 32.1 Å². The van der Waals surface area contributed by atoms with Gasteiger partial charge >= 0.3 is 0 Å². The largest absolute Gasteiger partial charge is 0.360 e. The van der Waals surface area contributed by atoms with Gasteiger partial charge in [-0.15, -0.1) is 0 Å². The maximum Gasteiger partial charge on any atom is 0.267 e. The number of carbonyl (C=O) groups is 1. The maximum absolute atomic E-state index is 12.4. The van der Waals surface area contributed by atoms with Crippen molar-refractivity contribution in [3.8, 4) is 11.8 Å². The molecular weight excluding hydrogens is 364 g/mol. The molecule has 6 nitrogen and oxygen atoms in total. The van der Waals surface area contributed by atoms with E-state index in [1.165, 1.54) is 0 Å². The van der Waals surface area contributed by atoms with E-state index in [4.69, 9.17) is 16.1 Å². The molecule has 2 heterocycles. The first kappa shape index (κ1) is 18.5. The van der Waals surface area contributed by atoms with Crippen LogP contribution in [0.25, 0.3) is 11.8 Å². The number of carbonyl (C=O) groups excluding carboxylic acids is 1. The van der Waals surface area contributed by atoms with Gasteiger partial charge in [0.25, 0.3) is 5.91 Å². The molecule has 0 unspecified atom stereocenters. The molecule has 1 amide bonds. The first-order valence-corrected chi connectivity index (χ1v) is 8.58. The minimum absolute atomic E-state index is 0.0259. The van der Waals surface area contributed by atoms with Crippen molar-refractivity contribution >= 4 is 29.4 Å². The quantitative estimate of drug-likeness (QED) is 0.530. The summed E-state index contributed by atoms with van der Waals surface area (Å²) in [6.45, 7) is 5.59. The second kappa shape index (κ2) is 7.52. The topological polar surface area (TPSA) is 83.9 Å². The van der Waals surface area contributed by atoms with Gasteiger partial charge in [-0.2, -0.15) is 5.26 Å². The number of amides is 1. The molecule has 0 bridgehead atoms. The zero-order valence-electron chi connectivity index (χ0n) is 15.1. The summed E-state index contributed by atoms with van der Waals surface area (Å²) < 4.78 is 6.93. The van der Waals surface area contributed by atoms with Crippen LogP contribution in [-0.2, 0) is 4.79 Å². The van der Waals surface area contributed by atoms with E-state index in [9.17, 15) is 10.1 Å². The zero-order valence-corrected chi connectivity index (χ0v) is 15.8. The highest BCUT2D eigenvalue weighted by Crippen LogP contribution is 2.24. The minimum Gasteiger partial charge on any atom is -0.360 e. The number of aryl methyl sites for hydroxylation is 2. The first-order chi connectivity index (χ1) is 12.9. The number of nitrogens with one attached hydrogen (secondary N) is 1. The first-order valence-electron chi connectivity index (χ1n) is 8.20. The van der Waals surface area contributed by atoms with E-state index in [1.54, 1.807) is 19.1 Å². The summed E-state index contributed by atoms with van der Waals surface area (Å²) >= 11 is 6.10. The van der Waals surface area contributed by atoms with E-state index in [0.29, 0.717) is 10.8 Å². The van der Waals surface area contributed by atoms with Crippen LogP contribution >= 0.6 is 11.6 Å². The van der Waals surface area contributed by atoms with Gasteiger partial charge < -0.3 is 14.4 Å². The number of hydrogen-bond donors (Lipinski definition) is 1. The molecule has 0 aliphatic heterocycles. The van der Waals surface area contributed by atoms with Gasteiger partial charge in [0.2, 0.25) is 0 Å². The van der Waals surface area contributed by atoms with E-state index in [0.717, 1.165) is 22.6 Å². The van der Waals surface area contributed by atoms with Crippen LogP contribution in [0.2, 0.25) is 5.02 Å². The molecular formula is C20H17ClN4O2. The Morgan fingerprint density at radius 1 is 1.30 bits per heavy atom. The second-order valence-corrected chi connectivity index (χ2v) is 6.52. The zero-order chi connectivity index (χ0) is 19.6. The minimum atomic E-state index is -0.543. The molecule has 0 aliphatic carbocycles. The summed E-state index contributed by atoms with van der Waals surface area (Å²) in [7, 11) is 0. The number of nitrogens with zero attached hydrogens (tertiary/aromatic N) is 3. The summed E-state index contributed by atoms with van der Waals surface area (Å²) in [6, 6.07) is 12.9. The Kier molecular flexibility index (Phi) is 5.15. The SMILES string of the molecule is Cc1cc(NC(=O)/C(C#N)=C\c2cc(C)n(-c3cccc(Cl)c3)c2C)no1. The number of rotatable bonds is 4. The van der Waals surface area contributed by atoms with Gasteiger partial charge in [0.15, 0.2) is 5.82 Å². The monoisotopic (exact) mass is 380 g/mol. The van der Waals surface area contributed by atoms with Gasteiger partial charge in [0.1, 0.15) is 17.4 Å². The Balaban J connectivity index is 1.94. The predicted octanol–water partition coefficient (Wildman–Crippen LogP) is 4.59. The molecule has 3 aromatic rings.